The summed E-state index contributed by atoms with van der Waals surface area (Å²) in [6.45, 7) is 0. The summed E-state index contributed by atoms with van der Waals surface area (Å²) < 4.78 is 0. The van der Waals surface area contributed by atoms with Crippen molar-refractivity contribution in [2.75, 3.05) is 0 Å². The molecule has 0 heterocycles. The first-order valence-electron chi connectivity index (χ1n) is 5.85. The average molecular weight is 209 g/mol. The van der Waals surface area contributed by atoms with Crippen LogP contribution in [0.2, 0.25) is 0 Å². The molecule has 0 aromatic carbocycles. The molecular weight excluding hydrogens is 190 g/mol. The van der Waals surface area contributed by atoms with Gasteiger partial charge in [-0.1, -0.05) is 25.0 Å². The van der Waals surface area contributed by atoms with Gasteiger partial charge in [0.05, 0.1) is 12.0 Å². The lowest BCUT2D eigenvalue weighted by molar-refractivity contribution is -0.126. The lowest BCUT2D eigenvalue weighted by Gasteiger charge is -2.22. The molecule has 0 radical (unpaired) electrons. The van der Waals surface area contributed by atoms with Gasteiger partial charge in [-0.05, 0) is 25.7 Å². The standard InChI is InChI=1S/C12H19NO2/c14-11(13-10-5-1-2-6-10)9-12(15)7-3-4-8-12/h1-2,10,15H,3-9H2,(H,13,14). The minimum absolute atomic E-state index is 0.00750. The molecule has 1 saturated carbocycles. The maximum absolute atomic E-state index is 11.7. The molecule has 2 aliphatic carbocycles. The Labute approximate surface area is 90.6 Å². The van der Waals surface area contributed by atoms with Crippen LogP contribution in [0.15, 0.2) is 12.2 Å². The SMILES string of the molecule is O=C(CC1(O)CCCC1)NC1CC=CC1. The lowest BCUT2D eigenvalue weighted by atomic mass is 9.97. The molecule has 0 bridgehead atoms. The van der Waals surface area contributed by atoms with Crippen LogP contribution < -0.4 is 5.32 Å². The van der Waals surface area contributed by atoms with Crippen LogP contribution in [0, 0.1) is 0 Å². The Morgan fingerprint density at radius 1 is 1.33 bits per heavy atom. The summed E-state index contributed by atoms with van der Waals surface area (Å²) in [4.78, 5) is 11.7. The zero-order valence-electron chi connectivity index (χ0n) is 9.04. The van der Waals surface area contributed by atoms with Crippen LogP contribution in [0.5, 0.6) is 0 Å². The van der Waals surface area contributed by atoms with Crippen molar-refractivity contribution in [3.05, 3.63) is 12.2 Å². The van der Waals surface area contributed by atoms with Crippen LogP contribution in [0.1, 0.15) is 44.9 Å². The molecule has 0 aromatic heterocycles. The third kappa shape index (κ3) is 2.81. The topological polar surface area (TPSA) is 49.3 Å². The van der Waals surface area contributed by atoms with E-state index in [9.17, 15) is 9.90 Å². The van der Waals surface area contributed by atoms with E-state index in [0.717, 1.165) is 38.5 Å². The van der Waals surface area contributed by atoms with Crippen molar-refractivity contribution in [1.82, 2.24) is 5.32 Å². The molecule has 1 fully saturated rings. The summed E-state index contributed by atoms with van der Waals surface area (Å²) in [6.07, 6.45) is 10.00. The number of nitrogens with one attached hydrogen (secondary N) is 1. The summed E-state index contributed by atoms with van der Waals surface area (Å²) in [7, 11) is 0. The summed E-state index contributed by atoms with van der Waals surface area (Å²) in [6, 6.07) is 0.266. The second-order valence-corrected chi connectivity index (χ2v) is 4.82. The zero-order chi connectivity index (χ0) is 10.7. The van der Waals surface area contributed by atoms with Gasteiger partial charge in [-0.3, -0.25) is 4.79 Å². The molecule has 3 heteroatoms. The molecule has 84 valence electrons. The van der Waals surface area contributed by atoms with Gasteiger partial charge in [0.1, 0.15) is 0 Å². The fraction of sp³-hybridized carbons (Fsp3) is 0.750. The fourth-order valence-electron chi connectivity index (χ4n) is 2.52. The highest BCUT2D eigenvalue weighted by Crippen LogP contribution is 2.32. The first kappa shape index (κ1) is 10.7. The van der Waals surface area contributed by atoms with Crippen molar-refractivity contribution < 1.29 is 9.90 Å². The molecule has 15 heavy (non-hydrogen) atoms. The monoisotopic (exact) mass is 209 g/mol. The zero-order valence-corrected chi connectivity index (χ0v) is 9.04. The first-order valence-corrected chi connectivity index (χ1v) is 5.85. The van der Waals surface area contributed by atoms with Crippen LogP contribution in [0.25, 0.3) is 0 Å². The summed E-state index contributed by atoms with van der Waals surface area (Å²) >= 11 is 0. The molecule has 2 N–H and O–H groups in total. The van der Waals surface area contributed by atoms with E-state index >= 15 is 0 Å². The van der Waals surface area contributed by atoms with Gasteiger partial charge in [-0.2, -0.15) is 0 Å². The van der Waals surface area contributed by atoms with E-state index in [-0.39, 0.29) is 18.4 Å². The molecule has 0 atom stereocenters. The average Bonchev–Trinajstić information content (AvgIpc) is 2.76. The predicted octanol–water partition coefficient (Wildman–Crippen LogP) is 1.52. The molecule has 0 unspecified atom stereocenters. The van der Waals surface area contributed by atoms with E-state index in [0.29, 0.717) is 0 Å². The molecule has 0 spiro atoms. The highest BCUT2D eigenvalue weighted by atomic mass is 16.3. The number of hydrogen-bond acceptors (Lipinski definition) is 2. The van der Waals surface area contributed by atoms with Crippen molar-refractivity contribution in [1.29, 1.82) is 0 Å². The Hall–Kier alpha value is -0.830. The van der Waals surface area contributed by atoms with Gasteiger partial charge in [-0.15, -0.1) is 0 Å². The maximum Gasteiger partial charge on any atom is 0.223 e. The number of hydrogen-bond donors (Lipinski definition) is 2. The second-order valence-electron chi connectivity index (χ2n) is 4.82. The van der Waals surface area contributed by atoms with Gasteiger partial charge >= 0.3 is 0 Å². The van der Waals surface area contributed by atoms with Gasteiger partial charge in [0, 0.05) is 6.04 Å². The van der Waals surface area contributed by atoms with Crippen LogP contribution >= 0.6 is 0 Å². The predicted molar refractivity (Wildman–Crippen MR) is 58.3 cm³/mol. The van der Waals surface area contributed by atoms with Gasteiger partial charge < -0.3 is 10.4 Å². The number of aliphatic hydroxyl groups is 1. The smallest absolute Gasteiger partial charge is 0.223 e. The highest BCUT2D eigenvalue weighted by Gasteiger charge is 2.33. The molecule has 2 aliphatic rings. The third-order valence-electron chi connectivity index (χ3n) is 3.40. The molecule has 0 aliphatic heterocycles. The fourth-order valence-corrected chi connectivity index (χ4v) is 2.52. The number of rotatable bonds is 3. The van der Waals surface area contributed by atoms with Crippen LogP contribution in [-0.4, -0.2) is 22.7 Å². The Morgan fingerprint density at radius 3 is 2.53 bits per heavy atom. The van der Waals surface area contributed by atoms with Crippen LogP contribution in [-0.2, 0) is 4.79 Å². The molecule has 0 aromatic rings. The van der Waals surface area contributed by atoms with Gasteiger partial charge in [0.15, 0.2) is 0 Å². The largest absolute Gasteiger partial charge is 0.389 e. The summed E-state index contributed by atoms with van der Waals surface area (Å²) in [5.41, 5.74) is -0.712. The van der Waals surface area contributed by atoms with Crippen molar-refractivity contribution in [2.45, 2.75) is 56.6 Å². The van der Waals surface area contributed by atoms with Crippen molar-refractivity contribution in [3.63, 3.8) is 0 Å². The van der Waals surface area contributed by atoms with E-state index in [2.05, 4.69) is 17.5 Å². The van der Waals surface area contributed by atoms with E-state index in [1.165, 1.54) is 0 Å². The molecular formula is C12H19NO2. The maximum atomic E-state index is 11.7. The number of carbonyl (C=O) groups is 1. The second kappa shape index (κ2) is 4.35. The Bertz CT molecular complexity index is 259. The van der Waals surface area contributed by atoms with Crippen molar-refractivity contribution >= 4 is 5.91 Å². The van der Waals surface area contributed by atoms with Crippen LogP contribution in [0.3, 0.4) is 0 Å². The van der Waals surface area contributed by atoms with Gasteiger partial charge in [0.2, 0.25) is 5.91 Å². The van der Waals surface area contributed by atoms with Gasteiger partial charge in [-0.25, -0.2) is 0 Å². The summed E-state index contributed by atoms with van der Waals surface area (Å²) in [5, 5.41) is 13.0. The highest BCUT2D eigenvalue weighted by molar-refractivity contribution is 5.77. The quantitative estimate of drug-likeness (QED) is 0.692. The van der Waals surface area contributed by atoms with E-state index in [1.54, 1.807) is 0 Å². The first-order chi connectivity index (χ1) is 7.18. The molecule has 0 saturated heterocycles. The summed E-state index contributed by atoms with van der Waals surface area (Å²) in [5.74, 6) is 0.00750. The Kier molecular flexibility index (Phi) is 3.10. The lowest BCUT2D eigenvalue weighted by Crippen LogP contribution is -2.38. The van der Waals surface area contributed by atoms with E-state index in [1.807, 2.05) is 0 Å². The minimum Gasteiger partial charge on any atom is -0.389 e. The normalized spacial score (nSPS) is 24.6. The molecule has 3 nitrogen and oxygen atoms in total. The van der Waals surface area contributed by atoms with E-state index < -0.39 is 5.60 Å². The van der Waals surface area contributed by atoms with Crippen molar-refractivity contribution in [2.24, 2.45) is 0 Å². The van der Waals surface area contributed by atoms with Crippen LogP contribution in [0.4, 0.5) is 0 Å². The minimum atomic E-state index is -0.712. The Balaban J connectivity index is 1.76. The number of carbonyl (C=O) groups excluding carboxylic acids is 1. The third-order valence-corrected chi connectivity index (χ3v) is 3.40. The van der Waals surface area contributed by atoms with E-state index in [4.69, 9.17) is 0 Å². The number of amides is 1. The van der Waals surface area contributed by atoms with Gasteiger partial charge in [0.25, 0.3) is 0 Å². The van der Waals surface area contributed by atoms with Crippen molar-refractivity contribution in [3.8, 4) is 0 Å². The molecule has 2 rings (SSSR count). The Morgan fingerprint density at radius 2 is 1.93 bits per heavy atom. The molecule has 1 amide bonds.